The Morgan fingerprint density at radius 1 is 0.727 bits per heavy atom. The minimum absolute atomic E-state index is 0.0119. The Kier molecular flexibility index (Phi) is 16.8. The Hall–Kier alpha value is -3.04. The van der Waals surface area contributed by atoms with Gasteiger partial charge < -0.3 is 30.7 Å². The van der Waals surface area contributed by atoms with Crippen LogP contribution >= 0.6 is 0 Å². The fourth-order valence-electron chi connectivity index (χ4n) is 2.59. The Morgan fingerprint density at radius 2 is 1.15 bits per heavy atom. The molecule has 0 aliphatic heterocycles. The summed E-state index contributed by atoms with van der Waals surface area (Å²) in [4.78, 5) is 47.0. The van der Waals surface area contributed by atoms with Gasteiger partial charge in [-0.3, -0.25) is 0 Å². The van der Waals surface area contributed by atoms with Crippen LogP contribution in [0.2, 0.25) is 0 Å². The second-order valence-electron chi connectivity index (χ2n) is 7.74. The molecule has 188 valence electrons. The van der Waals surface area contributed by atoms with E-state index in [2.05, 4.69) is 41.3 Å². The molecule has 0 atom stereocenters. The SMILES string of the molecule is C=C(C)C(=O)OCCNC(=O)NC(CCCCCCCC)NC(=O)NCCOC(=O)C(=C)C. The number of hydrogen-bond donors (Lipinski definition) is 4. The molecule has 0 aromatic carbocycles. The standard InChI is InChI=1S/C23H40N4O6/c1-6-7-8-9-10-11-12-19(26-22(30)24-13-15-32-20(28)17(2)3)27-23(31)25-14-16-33-21(29)18(4)5/h19H,2,4,6-16H2,1,3,5H3,(H2,24,26,30)(H2,25,27,31). The van der Waals surface area contributed by atoms with Crippen LogP contribution in [0.15, 0.2) is 24.3 Å². The third-order valence-corrected chi connectivity index (χ3v) is 4.40. The van der Waals surface area contributed by atoms with Crippen molar-refractivity contribution in [2.75, 3.05) is 26.3 Å². The number of amides is 4. The van der Waals surface area contributed by atoms with Gasteiger partial charge in [0.1, 0.15) is 19.4 Å². The normalized spacial score (nSPS) is 10.2. The average molecular weight is 469 g/mol. The lowest BCUT2D eigenvalue weighted by Crippen LogP contribution is -2.54. The number of ether oxygens (including phenoxy) is 2. The molecule has 0 rings (SSSR count). The van der Waals surface area contributed by atoms with Gasteiger partial charge in [-0.1, -0.05) is 52.2 Å². The van der Waals surface area contributed by atoms with Crippen LogP contribution in [0.4, 0.5) is 9.59 Å². The molecule has 0 saturated heterocycles. The highest BCUT2D eigenvalue weighted by Gasteiger charge is 2.15. The Morgan fingerprint density at radius 3 is 1.58 bits per heavy atom. The first kappa shape index (κ1) is 30.0. The highest BCUT2D eigenvalue weighted by atomic mass is 16.5. The topological polar surface area (TPSA) is 135 Å². The molecule has 4 N–H and O–H groups in total. The summed E-state index contributed by atoms with van der Waals surface area (Å²) in [6.45, 7) is 12.5. The van der Waals surface area contributed by atoms with E-state index in [1.165, 1.54) is 20.3 Å². The molecule has 0 spiro atoms. The molecular formula is C23H40N4O6. The molecule has 33 heavy (non-hydrogen) atoms. The van der Waals surface area contributed by atoms with Crippen molar-refractivity contribution in [1.82, 2.24) is 21.3 Å². The van der Waals surface area contributed by atoms with Crippen LogP contribution in [0.5, 0.6) is 0 Å². The number of rotatable bonds is 17. The van der Waals surface area contributed by atoms with E-state index in [9.17, 15) is 19.2 Å². The Bertz CT molecular complexity index is 617. The van der Waals surface area contributed by atoms with Gasteiger partial charge in [-0.2, -0.15) is 0 Å². The predicted molar refractivity (Wildman–Crippen MR) is 126 cm³/mol. The number of unbranched alkanes of at least 4 members (excludes halogenated alkanes) is 5. The first-order chi connectivity index (χ1) is 15.7. The molecule has 0 aliphatic rings. The van der Waals surface area contributed by atoms with Crippen molar-refractivity contribution in [3.8, 4) is 0 Å². The molecule has 0 heterocycles. The number of urea groups is 2. The van der Waals surface area contributed by atoms with Crippen LogP contribution in [-0.2, 0) is 19.1 Å². The van der Waals surface area contributed by atoms with E-state index in [1.54, 1.807) is 0 Å². The lowest BCUT2D eigenvalue weighted by atomic mass is 10.1. The molecule has 0 saturated carbocycles. The molecule has 0 fully saturated rings. The maximum absolute atomic E-state index is 12.2. The lowest BCUT2D eigenvalue weighted by molar-refractivity contribution is -0.139. The van der Waals surface area contributed by atoms with Crippen LogP contribution < -0.4 is 21.3 Å². The third-order valence-electron chi connectivity index (χ3n) is 4.40. The molecule has 4 amide bonds. The highest BCUT2D eigenvalue weighted by molar-refractivity contribution is 5.87. The van der Waals surface area contributed by atoms with Crippen molar-refractivity contribution in [1.29, 1.82) is 0 Å². The van der Waals surface area contributed by atoms with Gasteiger partial charge in [0.2, 0.25) is 0 Å². The van der Waals surface area contributed by atoms with Crippen LogP contribution in [0.25, 0.3) is 0 Å². The Balaban J connectivity index is 4.45. The van der Waals surface area contributed by atoms with E-state index in [4.69, 9.17) is 9.47 Å². The summed E-state index contributed by atoms with van der Waals surface area (Å²) in [7, 11) is 0. The fourth-order valence-corrected chi connectivity index (χ4v) is 2.59. The number of esters is 2. The lowest BCUT2D eigenvalue weighted by Gasteiger charge is -2.21. The molecule has 0 aromatic heterocycles. The zero-order valence-corrected chi connectivity index (χ0v) is 20.2. The summed E-state index contributed by atoms with van der Waals surface area (Å²) in [5.41, 5.74) is 0.561. The summed E-state index contributed by atoms with van der Waals surface area (Å²) in [5, 5.41) is 10.6. The molecule has 0 aliphatic carbocycles. The van der Waals surface area contributed by atoms with Crippen LogP contribution in [0, 0.1) is 0 Å². The number of nitrogens with one attached hydrogen (secondary N) is 4. The Labute approximate surface area is 196 Å². The summed E-state index contributed by atoms with van der Waals surface area (Å²) >= 11 is 0. The largest absolute Gasteiger partial charge is 0.460 e. The van der Waals surface area contributed by atoms with E-state index in [0.717, 1.165) is 32.1 Å². The first-order valence-electron chi connectivity index (χ1n) is 11.4. The second kappa shape index (κ2) is 18.5. The van der Waals surface area contributed by atoms with E-state index in [0.29, 0.717) is 6.42 Å². The van der Waals surface area contributed by atoms with Crippen LogP contribution in [-0.4, -0.2) is 56.5 Å². The van der Waals surface area contributed by atoms with Crippen molar-refractivity contribution in [3.05, 3.63) is 24.3 Å². The molecule has 0 radical (unpaired) electrons. The third kappa shape index (κ3) is 17.2. The first-order valence-corrected chi connectivity index (χ1v) is 11.4. The van der Waals surface area contributed by atoms with Crippen LogP contribution in [0.1, 0.15) is 65.7 Å². The van der Waals surface area contributed by atoms with Crippen LogP contribution in [0.3, 0.4) is 0 Å². The van der Waals surface area contributed by atoms with Crippen molar-refractivity contribution in [2.24, 2.45) is 0 Å². The molecular weight excluding hydrogens is 428 g/mol. The maximum atomic E-state index is 12.2. The minimum Gasteiger partial charge on any atom is -0.460 e. The molecule has 0 bridgehead atoms. The number of carbonyl (C=O) groups excluding carboxylic acids is 4. The smallest absolute Gasteiger partial charge is 0.333 e. The van der Waals surface area contributed by atoms with E-state index in [-0.39, 0.29) is 37.4 Å². The maximum Gasteiger partial charge on any atom is 0.333 e. The fraction of sp³-hybridized carbons (Fsp3) is 0.652. The van der Waals surface area contributed by atoms with Gasteiger partial charge in [0.05, 0.1) is 13.1 Å². The predicted octanol–water partition coefficient (Wildman–Crippen LogP) is 2.90. The number of hydrogen-bond acceptors (Lipinski definition) is 6. The summed E-state index contributed by atoms with van der Waals surface area (Å²) in [5.74, 6) is -1.05. The van der Waals surface area contributed by atoms with Crippen molar-refractivity contribution in [3.63, 3.8) is 0 Å². The average Bonchev–Trinajstić information content (AvgIpc) is 2.75. The summed E-state index contributed by atoms with van der Waals surface area (Å²) in [6.07, 6.45) is 6.41. The second-order valence-corrected chi connectivity index (χ2v) is 7.74. The van der Waals surface area contributed by atoms with Crippen molar-refractivity contribution < 1.29 is 28.7 Å². The van der Waals surface area contributed by atoms with E-state index < -0.39 is 30.2 Å². The molecule has 0 aromatic rings. The molecule has 10 nitrogen and oxygen atoms in total. The van der Waals surface area contributed by atoms with Gasteiger partial charge in [-0.25, -0.2) is 19.2 Å². The quantitative estimate of drug-likeness (QED) is 0.112. The van der Waals surface area contributed by atoms with E-state index >= 15 is 0 Å². The molecule has 0 unspecified atom stereocenters. The zero-order chi connectivity index (χ0) is 25.1. The van der Waals surface area contributed by atoms with Gasteiger partial charge in [0, 0.05) is 11.1 Å². The zero-order valence-electron chi connectivity index (χ0n) is 20.2. The minimum atomic E-state index is -0.591. The number of carbonyl (C=O) groups is 4. The van der Waals surface area contributed by atoms with Gasteiger partial charge in [0.25, 0.3) is 0 Å². The van der Waals surface area contributed by atoms with E-state index in [1.807, 2.05) is 0 Å². The molecule has 10 heteroatoms. The van der Waals surface area contributed by atoms with Gasteiger partial charge in [-0.05, 0) is 26.7 Å². The van der Waals surface area contributed by atoms with Crippen molar-refractivity contribution in [2.45, 2.75) is 71.9 Å². The summed E-state index contributed by atoms with van der Waals surface area (Å²) < 4.78 is 9.84. The van der Waals surface area contributed by atoms with Crippen molar-refractivity contribution >= 4 is 24.0 Å². The van der Waals surface area contributed by atoms with Gasteiger partial charge >= 0.3 is 24.0 Å². The highest BCUT2D eigenvalue weighted by Crippen LogP contribution is 2.08. The monoisotopic (exact) mass is 468 g/mol. The van der Waals surface area contributed by atoms with Gasteiger partial charge in [-0.15, -0.1) is 0 Å². The van der Waals surface area contributed by atoms with Gasteiger partial charge in [0.15, 0.2) is 0 Å². The summed E-state index contributed by atoms with van der Waals surface area (Å²) in [6, 6.07) is -0.985.